The monoisotopic (exact) mass is 386 g/mol. The number of anilines is 1. The second-order valence-corrected chi connectivity index (χ2v) is 7.38. The molecule has 2 aromatic carbocycles. The normalized spacial score (nSPS) is 10.8. The van der Waals surface area contributed by atoms with Gasteiger partial charge < -0.3 is 5.32 Å². The van der Waals surface area contributed by atoms with Crippen LogP contribution < -0.4 is 5.32 Å². The maximum atomic E-state index is 12.3. The average molecular weight is 387 g/mol. The van der Waals surface area contributed by atoms with Gasteiger partial charge in [0.25, 0.3) is 0 Å². The minimum Gasteiger partial charge on any atom is -0.325 e. The van der Waals surface area contributed by atoms with Crippen molar-refractivity contribution in [3.63, 3.8) is 0 Å². The molecule has 0 bridgehead atoms. The van der Waals surface area contributed by atoms with E-state index in [-0.39, 0.29) is 11.7 Å². The van der Waals surface area contributed by atoms with Crippen LogP contribution in [-0.2, 0) is 4.79 Å². The molecule has 0 unspecified atom stereocenters. The zero-order chi connectivity index (χ0) is 18.7. The predicted molar refractivity (Wildman–Crippen MR) is 106 cm³/mol. The Kier molecular flexibility index (Phi) is 5.64. The number of carbonyl (C=O) groups is 1. The van der Waals surface area contributed by atoms with Gasteiger partial charge in [-0.2, -0.15) is 0 Å². The highest BCUT2D eigenvalue weighted by atomic mass is 35.5. The molecule has 5 nitrogen and oxygen atoms in total. The second-order valence-electron chi connectivity index (χ2n) is 6.00. The molecule has 1 N–H and O–H groups in total. The van der Waals surface area contributed by atoms with Crippen molar-refractivity contribution < 1.29 is 4.79 Å². The summed E-state index contributed by atoms with van der Waals surface area (Å²) in [5.41, 5.74) is 3.89. The van der Waals surface area contributed by atoms with Crippen LogP contribution in [0.25, 0.3) is 5.69 Å². The lowest BCUT2D eigenvalue weighted by Crippen LogP contribution is -2.15. The van der Waals surface area contributed by atoms with E-state index in [1.54, 1.807) is 0 Å². The number of aromatic nitrogens is 3. The van der Waals surface area contributed by atoms with Crippen LogP contribution in [0.2, 0.25) is 5.02 Å². The number of hydrogen-bond donors (Lipinski definition) is 1. The summed E-state index contributed by atoms with van der Waals surface area (Å²) in [7, 11) is 0. The minimum absolute atomic E-state index is 0.0768. The molecule has 1 heterocycles. The van der Waals surface area contributed by atoms with Crippen LogP contribution in [0.1, 0.15) is 17.0 Å². The van der Waals surface area contributed by atoms with Crippen molar-refractivity contribution in [3.8, 4) is 5.69 Å². The first-order valence-electron chi connectivity index (χ1n) is 8.12. The lowest BCUT2D eigenvalue weighted by atomic mass is 10.1. The van der Waals surface area contributed by atoms with E-state index in [0.717, 1.165) is 28.3 Å². The van der Waals surface area contributed by atoms with Crippen LogP contribution >= 0.6 is 23.4 Å². The smallest absolute Gasteiger partial charge is 0.234 e. The van der Waals surface area contributed by atoms with Gasteiger partial charge in [-0.15, -0.1) is 10.2 Å². The lowest BCUT2D eigenvalue weighted by Gasteiger charge is -2.10. The fraction of sp³-hybridized carbons (Fsp3) is 0.211. The summed E-state index contributed by atoms with van der Waals surface area (Å²) in [5.74, 6) is 0.927. The van der Waals surface area contributed by atoms with Gasteiger partial charge in [-0.05, 0) is 62.2 Å². The molecule has 0 spiro atoms. The highest BCUT2D eigenvalue weighted by Crippen LogP contribution is 2.23. The lowest BCUT2D eigenvalue weighted by molar-refractivity contribution is -0.113. The third-order valence-electron chi connectivity index (χ3n) is 3.88. The van der Waals surface area contributed by atoms with Gasteiger partial charge in [0.2, 0.25) is 5.91 Å². The molecule has 7 heteroatoms. The fourth-order valence-electron chi connectivity index (χ4n) is 2.51. The highest BCUT2D eigenvalue weighted by Gasteiger charge is 2.14. The number of aryl methyl sites for hydroxylation is 3. The number of hydrogen-bond acceptors (Lipinski definition) is 4. The van der Waals surface area contributed by atoms with Gasteiger partial charge in [0.15, 0.2) is 5.16 Å². The SMILES string of the molecule is Cc1ccc(C)c(NC(=O)CSc2nnc(C)n2-c2ccc(Cl)cc2)c1. The van der Waals surface area contributed by atoms with Crippen molar-refractivity contribution in [2.24, 2.45) is 0 Å². The fourth-order valence-corrected chi connectivity index (χ4v) is 3.43. The number of amides is 1. The van der Waals surface area contributed by atoms with Crippen LogP contribution in [0.3, 0.4) is 0 Å². The third-order valence-corrected chi connectivity index (χ3v) is 5.06. The molecular weight excluding hydrogens is 368 g/mol. The van der Waals surface area contributed by atoms with Crippen molar-refractivity contribution in [3.05, 3.63) is 64.4 Å². The van der Waals surface area contributed by atoms with Crippen molar-refractivity contribution in [1.29, 1.82) is 0 Å². The third kappa shape index (κ3) is 4.26. The highest BCUT2D eigenvalue weighted by molar-refractivity contribution is 7.99. The number of nitrogens with zero attached hydrogens (tertiary/aromatic N) is 3. The number of benzene rings is 2. The zero-order valence-electron chi connectivity index (χ0n) is 14.8. The van der Waals surface area contributed by atoms with E-state index in [4.69, 9.17) is 11.6 Å². The number of carbonyl (C=O) groups excluding carboxylic acids is 1. The maximum absolute atomic E-state index is 12.3. The molecule has 0 saturated carbocycles. The first-order valence-corrected chi connectivity index (χ1v) is 9.48. The van der Waals surface area contributed by atoms with Gasteiger partial charge in [-0.3, -0.25) is 9.36 Å². The summed E-state index contributed by atoms with van der Waals surface area (Å²) >= 11 is 7.31. The predicted octanol–water partition coefficient (Wildman–Crippen LogP) is 4.58. The Hall–Kier alpha value is -2.31. The molecule has 0 atom stereocenters. The van der Waals surface area contributed by atoms with E-state index >= 15 is 0 Å². The molecule has 0 aliphatic heterocycles. The minimum atomic E-state index is -0.0768. The quantitative estimate of drug-likeness (QED) is 0.652. The van der Waals surface area contributed by atoms with Crippen LogP contribution in [0.5, 0.6) is 0 Å². The molecule has 0 aliphatic carbocycles. The molecule has 0 aliphatic rings. The summed E-state index contributed by atoms with van der Waals surface area (Å²) in [6.07, 6.45) is 0. The number of thioether (sulfide) groups is 1. The van der Waals surface area contributed by atoms with E-state index in [9.17, 15) is 4.79 Å². The Balaban J connectivity index is 1.71. The van der Waals surface area contributed by atoms with Crippen LogP contribution in [0.15, 0.2) is 47.6 Å². The van der Waals surface area contributed by atoms with Gasteiger partial charge in [0, 0.05) is 16.4 Å². The van der Waals surface area contributed by atoms with Crippen LogP contribution in [0, 0.1) is 20.8 Å². The van der Waals surface area contributed by atoms with Crippen LogP contribution in [0.4, 0.5) is 5.69 Å². The van der Waals surface area contributed by atoms with Crippen molar-refractivity contribution in [1.82, 2.24) is 14.8 Å². The molecule has 134 valence electrons. The van der Waals surface area contributed by atoms with E-state index in [1.165, 1.54) is 11.8 Å². The first-order chi connectivity index (χ1) is 12.4. The molecular formula is C19H19ClN4OS. The summed E-state index contributed by atoms with van der Waals surface area (Å²) in [6.45, 7) is 5.85. The summed E-state index contributed by atoms with van der Waals surface area (Å²) in [4.78, 5) is 12.3. The largest absolute Gasteiger partial charge is 0.325 e. The van der Waals surface area contributed by atoms with E-state index in [2.05, 4.69) is 15.5 Å². The van der Waals surface area contributed by atoms with Gasteiger partial charge in [-0.1, -0.05) is 35.5 Å². The topological polar surface area (TPSA) is 59.8 Å². The Labute approximate surface area is 161 Å². The van der Waals surface area contributed by atoms with Gasteiger partial charge >= 0.3 is 0 Å². The molecule has 1 amide bonds. The Morgan fingerprint density at radius 3 is 2.58 bits per heavy atom. The number of nitrogens with one attached hydrogen (secondary N) is 1. The molecule has 1 aromatic heterocycles. The first kappa shape index (κ1) is 18.5. The summed E-state index contributed by atoms with van der Waals surface area (Å²) in [5, 5.41) is 12.6. The number of rotatable bonds is 5. The molecule has 0 saturated heterocycles. The van der Waals surface area contributed by atoms with E-state index in [0.29, 0.717) is 10.2 Å². The number of halogens is 1. The van der Waals surface area contributed by atoms with Crippen molar-refractivity contribution in [2.45, 2.75) is 25.9 Å². The van der Waals surface area contributed by atoms with Gasteiger partial charge in [-0.25, -0.2) is 0 Å². The van der Waals surface area contributed by atoms with Crippen molar-refractivity contribution >= 4 is 35.0 Å². The van der Waals surface area contributed by atoms with Gasteiger partial charge in [0.1, 0.15) is 5.82 Å². The van der Waals surface area contributed by atoms with Crippen LogP contribution in [-0.4, -0.2) is 26.4 Å². The molecule has 0 radical (unpaired) electrons. The summed E-state index contributed by atoms with van der Waals surface area (Å²) in [6, 6.07) is 13.4. The van der Waals surface area contributed by atoms with Gasteiger partial charge in [0.05, 0.1) is 5.75 Å². The van der Waals surface area contributed by atoms with E-state index < -0.39 is 0 Å². The molecule has 0 fully saturated rings. The Morgan fingerprint density at radius 2 is 1.85 bits per heavy atom. The maximum Gasteiger partial charge on any atom is 0.234 e. The molecule has 3 aromatic rings. The Bertz CT molecular complexity index is 937. The van der Waals surface area contributed by atoms with E-state index in [1.807, 2.05) is 67.8 Å². The van der Waals surface area contributed by atoms with Crippen molar-refractivity contribution in [2.75, 3.05) is 11.1 Å². The standard InChI is InChI=1S/C19H19ClN4OS/c1-12-4-5-13(2)17(10-12)21-18(25)11-26-19-23-22-14(3)24(19)16-8-6-15(20)7-9-16/h4-10H,11H2,1-3H3,(H,21,25). The second kappa shape index (κ2) is 7.93. The summed E-state index contributed by atoms with van der Waals surface area (Å²) < 4.78 is 1.91. The zero-order valence-corrected chi connectivity index (χ0v) is 16.4. The Morgan fingerprint density at radius 1 is 1.12 bits per heavy atom. The average Bonchev–Trinajstić information content (AvgIpc) is 2.98. The molecule has 26 heavy (non-hydrogen) atoms. The molecule has 3 rings (SSSR count).